The summed E-state index contributed by atoms with van der Waals surface area (Å²) in [5.41, 5.74) is 1.30. The van der Waals surface area contributed by atoms with Crippen molar-refractivity contribution in [2.75, 3.05) is 12.4 Å². The topological polar surface area (TPSA) is 100 Å². The van der Waals surface area contributed by atoms with Crippen molar-refractivity contribution in [3.8, 4) is 5.75 Å². The van der Waals surface area contributed by atoms with Crippen molar-refractivity contribution in [3.63, 3.8) is 0 Å². The van der Waals surface area contributed by atoms with Crippen LogP contribution in [0.4, 0.5) is 5.69 Å². The largest absolute Gasteiger partial charge is 0.486 e. The van der Waals surface area contributed by atoms with Crippen molar-refractivity contribution in [3.05, 3.63) is 99.1 Å². The van der Waals surface area contributed by atoms with Crippen LogP contribution in [-0.2, 0) is 6.54 Å². The number of ether oxygens (including phenoxy) is 1. The molecule has 0 spiro atoms. The van der Waals surface area contributed by atoms with Gasteiger partial charge in [-0.15, -0.1) is 0 Å². The molecule has 0 aliphatic rings. The highest BCUT2D eigenvalue weighted by atomic mass is 32.2. The van der Waals surface area contributed by atoms with Crippen LogP contribution in [0.2, 0.25) is 0 Å². The van der Waals surface area contributed by atoms with Crippen molar-refractivity contribution >= 4 is 28.4 Å². The van der Waals surface area contributed by atoms with Crippen LogP contribution in [0.3, 0.4) is 0 Å². The van der Waals surface area contributed by atoms with E-state index in [0.717, 1.165) is 5.56 Å². The van der Waals surface area contributed by atoms with Gasteiger partial charge >= 0.3 is 5.69 Å². The van der Waals surface area contributed by atoms with Crippen LogP contribution >= 0.6 is 11.8 Å². The summed E-state index contributed by atoms with van der Waals surface area (Å²) in [6, 6.07) is 17.2. The number of fused-ring (bicyclic) bond motifs is 1. The summed E-state index contributed by atoms with van der Waals surface area (Å²) in [4.78, 5) is 32.5. The maximum absolute atomic E-state index is 13.1. The lowest BCUT2D eigenvalue weighted by Crippen LogP contribution is -2.24. The zero-order valence-corrected chi connectivity index (χ0v) is 17.2. The second kappa shape index (κ2) is 9.40. The molecule has 0 N–H and O–H groups in total. The minimum Gasteiger partial charge on any atom is -0.486 e. The van der Waals surface area contributed by atoms with Crippen LogP contribution in [0.25, 0.3) is 10.9 Å². The van der Waals surface area contributed by atoms with E-state index in [2.05, 4.69) is 9.97 Å². The minimum absolute atomic E-state index is 0.0789. The standard InChI is InChI=1S/C22H18N4O4S/c27-21-17-7-1-2-8-18(17)24-22(25(21)15-16-6-5-11-23-14-16)31-13-12-30-20-10-4-3-9-19(20)26(28)29/h1-11,14H,12-13,15H2. The fraction of sp³-hybridized carbons (Fsp3) is 0.136. The first-order valence-electron chi connectivity index (χ1n) is 9.51. The summed E-state index contributed by atoms with van der Waals surface area (Å²) in [5.74, 6) is 0.677. The van der Waals surface area contributed by atoms with Gasteiger partial charge in [0, 0.05) is 24.2 Å². The molecule has 9 heteroatoms. The van der Waals surface area contributed by atoms with Gasteiger partial charge in [0.25, 0.3) is 5.56 Å². The molecule has 0 radical (unpaired) electrons. The molecule has 4 aromatic rings. The zero-order valence-electron chi connectivity index (χ0n) is 16.4. The number of nitrogens with zero attached hydrogens (tertiary/aromatic N) is 4. The van der Waals surface area contributed by atoms with E-state index in [1.807, 2.05) is 24.3 Å². The van der Waals surface area contributed by atoms with Gasteiger partial charge in [-0.3, -0.25) is 24.5 Å². The highest BCUT2D eigenvalue weighted by Gasteiger charge is 2.15. The lowest BCUT2D eigenvalue weighted by atomic mass is 10.2. The summed E-state index contributed by atoms with van der Waals surface area (Å²) in [6.07, 6.45) is 3.40. The van der Waals surface area contributed by atoms with E-state index in [-0.39, 0.29) is 23.6 Å². The first kappa shape index (κ1) is 20.5. The molecule has 0 saturated carbocycles. The Kier molecular flexibility index (Phi) is 6.23. The number of hydrogen-bond acceptors (Lipinski definition) is 7. The zero-order chi connectivity index (χ0) is 21.6. The Morgan fingerprint density at radius 3 is 2.68 bits per heavy atom. The van der Waals surface area contributed by atoms with Crippen LogP contribution in [0, 0.1) is 10.1 Å². The van der Waals surface area contributed by atoms with Gasteiger partial charge in [-0.25, -0.2) is 4.98 Å². The molecule has 0 aliphatic carbocycles. The molecule has 2 heterocycles. The Morgan fingerprint density at radius 1 is 1.06 bits per heavy atom. The molecule has 0 unspecified atom stereocenters. The van der Waals surface area contributed by atoms with Crippen LogP contribution in [0.1, 0.15) is 5.56 Å². The number of benzene rings is 2. The van der Waals surface area contributed by atoms with E-state index in [1.165, 1.54) is 17.8 Å². The third kappa shape index (κ3) is 4.72. The number of nitro benzene ring substituents is 1. The van der Waals surface area contributed by atoms with Crippen molar-refractivity contribution in [1.29, 1.82) is 0 Å². The first-order chi connectivity index (χ1) is 15.1. The minimum atomic E-state index is -0.473. The normalized spacial score (nSPS) is 10.8. The monoisotopic (exact) mass is 434 g/mol. The molecule has 2 aromatic heterocycles. The first-order valence-corrected chi connectivity index (χ1v) is 10.5. The summed E-state index contributed by atoms with van der Waals surface area (Å²) in [5, 5.41) is 12.2. The smallest absolute Gasteiger partial charge is 0.310 e. The van der Waals surface area contributed by atoms with Crippen molar-refractivity contribution in [2.45, 2.75) is 11.7 Å². The molecule has 0 bridgehead atoms. The van der Waals surface area contributed by atoms with E-state index in [1.54, 1.807) is 47.3 Å². The van der Waals surface area contributed by atoms with Crippen LogP contribution in [0.15, 0.2) is 83.0 Å². The van der Waals surface area contributed by atoms with E-state index in [4.69, 9.17) is 4.74 Å². The average molecular weight is 434 g/mol. The second-order valence-electron chi connectivity index (χ2n) is 6.59. The van der Waals surface area contributed by atoms with Gasteiger partial charge in [0.05, 0.1) is 29.0 Å². The SMILES string of the molecule is O=c1c2ccccc2nc(SCCOc2ccccc2[N+](=O)[O-])n1Cc1cccnc1. The van der Waals surface area contributed by atoms with Gasteiger partial charge < -0.3 is 4.74 Å². The molecule has 156 valence electrons. The van der Waals surface area contributed by atoms with Crippen LogP contribution in [-0.4, -0.2) is 31.8 Å². The van der Waals surface area contributed by atoms with Gasteiger partial charge in [0.1, 0.15) is 0 Å². The molecule has 0 saturated heterocycles. The third-order valence-electron chi connectivity index (χ3n) is 4.52. The quantitative estimate of drug-likeness (QED) is 0.136. The predicted octanol–water partition coefficient (Wildman–Crippen LogP) is 3.92. The van der Waals surface area contributed by atoms with Gasteiger partial charge in [0.15, 0.2) is 10.9 Å². The number of pyridine rings is 1. The summed E-state index contributed by atoms with van der Waals surface area (Å²) >= 11 is 1.37. The number of para-hydroxylation sites is 3. The maximum atomic E-state index is 13.1. The fourth-order valence-corrected chi connectivity index (χ4v) is 3.90. The molecule has 0 aliphatic heterocycles. The van der Waals surface area contributed by atoms with E-state index in [0.29, 0.717) is 28.4 Å². The van der Waals surface area contributed by atoms with E-state index in [9.17, 15) is 14.9 Å². The number of thioether (sulfide) groups is 1. The number of hydrogen-bond donors (Lipinski definition) is 0. The number of nitro groups is 1. The predicted molar refractivity (Wildman–Crippen MR) is 119 cm³/mol. The third-order valence-corrected chi connectivity index (χ3v) is 5.46. The van der Waals surface area contributed by atoms with Gasteiger partial charge in [-0.2, -0.15) is 0 Å². The van der Waals surface area contributed by atoms with Gasteiger partial charge in [-0.1, -0.05) is 42.1 Å². The van der Waals surface area contributed by atoms with Crippen molar-refractivity contribution in [2.24, 2.45) is 0 Å². The second-order valence-corrected chi connectivity index (χ2v) is 7.65. The molecular formula is C22H18N4O4S. The Bertz CT molecular complexity index is 1280. The highest BCUT2D eigenvalue weighted by molar-refractivity contribution is 7.99. The number of aromatic nitrogens is 3. The maximum Gasteiger partial charge on any atom is 0.310 e. The Hall–Kier alpha value is -3.72. The van der Waals surface area contributed by atoms with Crippen molar-refractivity contribution < 1.29 is 9.66 Å². The highest BCUT2D eigenvalue weighted by Crippen LogP contribution is 2.26. The molecular weight excluding hydrogens is 416 g/mol. The fourth-order valence-electron chi connectivity index (χ4n) is 3.09. The molecule has 31 heavy (non-hydrogen) atoms. The lowest BCUT2D eigenvalue weighted by molar-refractivity contribution is -0.385. The Labute approximate surface area is 181 Å². The molecule has 0 atom stereocenters. The molecule has 8 nitrogen and oxygen atoms in total. The van der Waals surface area contributed by atoms with Crippen LogP contribution < -0.4 is 10.3 Å². The van der Waals surface area contributed by atoms with E-state index < -0.39 is 4.92 Å². The summed E-state index contributed by atoms with van der Waals surface area (Å²) in [7, 11) is 0. The van der Waals surface area contributed by atoms with Crippen molar-refractivity contribution in [1.82, 2.24) is 14.5 Å². The average Bonchev–Trinajstić information content (AvgIpc) is 2.80. The number of rotatable bonds is 8. The van der Waals surface area contributed by atoms with E-state index >= 15 is 0 Å². The Morgan fingerprint density at radius 2 is 1.87 bits per heavy atom. The summed E-state index contributed by atoms with van der Waals surface area (Å²) in [6.45, 7) is 0.572. The van der Waals surface area contributed by atoms with Gasteiger partial charge in [-0.05, 0) is 29.8 Å². The van der Waals surface area contributed by atoms with Gasteiger partial charge in [0.2, 0.25) is 0 Å². The Balaban J connectivity index is 1.56. The summed E-state index contributed by atoms with van der Waals surface area (Å²) < 4.78 is 7.23. The lowest BCUT2D eigenvalue weighted by Gasteiger charge is -2.13. The molecule has 0 amide bonds. The van der Waals surface area contributed by atoms with Crippen LogP contribution in [0.5, 0.6) is 5.75 Å². The molecule has 0 fully saturated rings. The molecule has 4 rings (SSSR count). The molecule has 2 aromatic carbocycles.